The first-order chi connectivity index (χ1) is 8.81. The molecule has 0 bridgehead atoms. The van der Waals surface area contributed by atoms with E-state index in [1.54, 1.807) is 0 Å². The van der Waals surface area contributed by atoms with Crippen LogP contribution in [0.5, 0.6) is 0 Å². The lowest BCUT2D eigenvalue weighted by molar-refractivity contribution is -0.120. The lowest BCUT2D eigenvalue weighted by Gasteiger charge is -2.24. The molecule has 5 nitrogen and oxygen atoms in total. The zero-order valence-electron chi connectivity index (χ0n) is 12.5. The fourth-order valence-corrected chi connectivity index (χ4v) is 2.58. The number of hydrogen-bond acceptors (Lipinski definition) is 3. The van der Waals surface area contributed by atoms with Crippen molar-refractivity contribution in [3.8, 4) is 0 Å². The standard InChI is InChI=1S/C14H24N4O/c1-6-18-12-11(9(2)17-18)16-13(19)10(8-15-12)7-14(3,4)5/h10,15H,6-8H2,1-5H3,(H,16,19). The molecule has 1 atom stereocenters. The SMILES string of the molecule is CCn1nc(C)c2c1NCC(CC(C)(C)C)C(=O)N2. The minimum Gasteiger partial charge on any atom is -0.368 e. The van der Waals surface area contributed by atoms with Gasteiger partial charge in [0.05, 0.1) is 11.6 Å². The van der Waals surface area contributed by atoms with Crippen molar-refractivity contribution in [2.75, 3.05) is 17.2 Å². The van der Waals surface area contributed by atoms with E-state index in [4.69, 9.17) is 0 Å². The van der Waals surface area contributed by atoms with Gasteiger partial charge in [-0.15, -0.1) is 0 Å². The molecule has 0 radical (unpaired) electrons. The second kappa shape index (κ2) is 4.87. The molecule has 2 rings (SSSR count). The Morgan fingerprint density at radius 2 is 2.11 bits per heavy atom. The lowest BCUT2D eigenvalue weighted by Crippen LogP contribution is -2.30. The van der Waals surface area contributed by atoms with E-state index in [0.29, 0.717) is 6.54 Å². The Morgan fingerprint density at radius 1 is 1.42 bits per heavy atom. The predicted molar refractivity (Wildman–Crippen MR) is 77.3 cm³/mol. The number of nitrogens with zero attached hydrogens (tertiary/aromatic N) is 2. The van der Waals surface area contributed by atoms with Crippen molar-refractivity contribution in [1.29, 1.82) is 0 Å². The molecule has 0 fully saturated rings. The normalized spacial score (nSPS) is 19.4. The highest BCUT2D eigenvalue weighted by atomic mass is 16.2. The smallest absolute Gasteiger partial charge is 0.229 e. The highest BCUT2D eigenvalue weighted by molar-refractivity contribution is 5.97. The quantitative estimate of drug-likeness (QED) is 0.863. The molecule has 2 heterocycles. The maximum atomic E-state index is 12.3. The molecule has 0 aromatic carbocycles. The van der Waals surface area contributed by atoms with Crippen LogP contribution in [0.1, 0.15) is 39.8 Å². The van der Waals surface area contributed by atoms with Gasteiger partial charge >= 0.3 is 0 Å². The van der Waals surface area contributed by atoms with Gasteiger partial charge in [-0.25, -0.2) is 4.68 Å². The number of nitrogens with one attached hydrogen (secondary N) is 2. The molecular formula is C14H24N4O. The zero-order chi connectivity index (χ0) is 14.2. The number of carbonyl (C=O) groups is 1. The van der Waals surface area contributed by atoms with Crippen LogP contribution in [0.3, 0.4) is 0 Å². The van der Waals surface area contributed by atoms with E-state index >= 15 is 0 Å². The van der Waals surface area contributed by atoms with Gasteiger partial charge in [-0.3, -0.25) is 4.79 Å². The van der Waals surface area contributed by atoms with Gasteiger partial charge < -0.3 is 10.6 Å². The first-order valence-electron chi connectivity index (χ1n) is 6.94. The first kappa shape index (κ1) is 13.9. The van der Waals surface area contributed by atoms with Crippen LogP contribution in [0.15, 0.2) is 0 Å². The number of rotatable bonds is 2. The molecule has 19 heavy (non-hydrogen) atoms. The van der Waals surface area contributed by atoms with Crippen LogP contribution in [-0.2, 0) is 11.3 Å². The summed E-state index contributed by atoms with van der Waals surface area (Å²) in [4.78, 5) is 12.3. The number of aromatic nitrogens is 2. The molecule has 1 aromatic heterocycles. The van der Waals surface area contributed by atoms with Crippen LogP contribution in [0.25, 0.3) is 0 Å². The van der Waals surface area contributed by atoms with Gasteiger partial charge in [0.15, 0.2) is 0 Å². The van der Waals surface area contributed by atoms with Gasteiger partial charge in [-0.1, -0.05) is 20.8 Å². The summed E-state index contributed by atoms with van der Waals surface area (Å²) in [6.07, 6.45) is 0.870. The molecule has 0 spiro atoms. The number of hydrogen-bond donors (Lipinski definition) is 2. The highest BCUT2D eigenvalue weighted by Gasteiger charge is 2.30. The monoisotopic (exact) mass is 264 g/mol. The first-order valence-corrected chi connectivity index (χ1v) is 6.94. The predicted octanol–water partition coefficient (Wildman–Crippen LogP) is 2.63. The molecule has 0 aliphatic carbocycles. The van der Waals surface area contributed by atoms with Crippen molar-refractivity contribution in [2.24, 2.45) is 11.3 Å². The second-order valence-electron chi connectivity index (χ2n) is 6.46. The van der Waals surface area contributed by atoms with Gasteiger partial charge in [-0.2, -0.15) is 5.10 Å². The third-order valence-corrected chi connectivity index (χ3v) is 3.42. The minimum atomic E-state index is -0.00268. The maximum Gasteiger partial charge on any atom is 0.229 e. The summed E-state index contributed by atoms with van der Waals surface area (Å²) in [5, 5.41) is 10.8. The van der Waals surface area contributed by atoms with Gasteiger partial charge in [-0.05, 0) is 25.7 Å². The van der Waals surface area contributed by atoms with Crippen LogP contribution >= 0.6 is 0 Å². The third kappa shape index (κ3) is 2.91. The van der Waals surface area contributed by atoms with E-state index in [-0.39, 0.29) is 17.2 Å². The van der Waals surface area contributed by atoms with Gasteiger partial charge in [0.25, 0.3) is 0 Å². The maximum absolute atomic E-state index is 12.3. The van der Waals surface area contributed by atoms with Crippen LogP contribution in [0, 0.1) is 18.3 Å². The molecular weight excluding hydrogens is 240 g/mol. The van der Waals surface area contributed by atoms with E-state index in [1.807, 2.05) is 18.5 Å². The van der Waals surface area contributed by atoms with Crippen LogP contribution < -0.4 is 10.6 Å². The molecule has 1 amide bonds. The zero-order valence-corrected chi connectivity index (χ0v) is 12.5. The van der Waals surface area contributed by atoms with E-state index in [1.165, 1.54) is 0 Å². The number of fused-ring (bicyclic) bond motifs is 1. The topological polar surface area (TPSA) is 59.0 Å². The molecule has 106 valence electrons. The Hall–Kier alpha value is -1.52. The van der Waals surface area contributed by atoms with E-state index in [9.17, 15) is 4.79 Å². The molecule has 1 aliphatic heterocycles. The highest BCUT2D eigenvalue weighted by Crippen LogP contribution is 2.32. The molecule has 2 N–H and O–H groups in total. The molecule has 0 saturated heterocycles. The summed E-state index contributed by atoms with van der Waals surface area (Å²) in [5.41, 5.74) is 1.85. The van der Waals surface area contributed by atoms with Gasteiger partial charge in [0.1, 0.15) is 11.5 Å². The number of carbonyl (C=O) groups excluding carboxylic acids is 1. The number of anilines is 2. The van der Waals surface area contributed by atoms with Crippen molar-refractivity contribution in [3.05, 3.63) is 5.69 Å². The van der Waals surface area contributed by atoms with E-state index in [0.717, 1.165) is 30.2 Å². The third-order valence-electron chi connectivity index (χ3n) is 3.42. The van der Waals surface area contributed by atoms with Crippen molar-refractivity contribution in [2.45, 2.75) is 47.6 Å². The molecule has 1 unspecified atom stereocenters. The molecule has 1 aliphatic rings. The minimum absolute atomic E-state index is 0.00268. The van der Waals surface area contributed by atoms with Gasteiger partial charge in [0.2, 0.25) is 5.91 Å². The lowest BCUT2D eigenvalue weighted by atomic mass is 9.84. The number of aryl methyl sites for hydroxylation is 2. The summed E-state index contributed by atoms with van der Waals surface area (Å²) in [7, 11) is 0. The second-order valence-corrected chi connectivity index (χ2v) is 6.46. The van der Waals surface area contributed by atoms with Crippen molar-refractivity contribution >= 4 is 17.4 Å². The van der Waals surface area contributed by atoms with Crippen molar-refractivity contribution in [1.82, 2.24) is 9.78 Å². The van der Waals surface area contributed by atoms with Gasteiger partial charge in [0, 0.05) is 13.1 Å². The molecule has 0 saturated carbocycles. The summed E-state index contributed by atoms with van der Waals surface area (Å²) < 4.78 is 1.91. The summed E-state index contributed by atoms with van der Waals surface area (Å²) >= 11 is 0. The summed E-state index contributed by atoms with van der Waals surface area (Å²) in [6.45, 7) is 11.9. The fraction of sp³-hybridized carbons (Fsp3) is 0.714. The summed E-state index contributed by atoms with van der Waals surface area (Å²) in [6, 6.07) is 0. The largest absolute Gasteiger partial charge is 0.368 e. The van der Waals surface area contributed by atoms with Crippen LogP contribution in [0.4, 0.5) is 11.5 Å². The average Bonchev–Trinajstić information content (AvgIpc) is 2.50. The van der Waals surface area contributed by atoms with Crippen molar-refractivity contribution in [3.63, 3.8) is 0 Å². The average molecular weight is 264 g/mol. The fourth-order valence-electron chi connectivity index (χ4n) is 2.58. The Labute approximate surface area is 114 Å². The van der Waals surface area contributed by atoms with Crippen LogP contribution in [0.2, 0.25) is 0 Å². The Bertz CT molecular complexity index is 484. The number of amides is 1. The van der Waals surface area contributed by atoms with Crippen LogP contribution in [-0.4, -0.2) is 22.2 Å². The Balaban J connectivity index is 2.24. The molecule has 5 heteroatoms. The van der Waals surface area contributed by atoms with Crippen molar-refractivity contribution < 1.29 is 4.79 Å². The van der Waals surface area contributed by atoms with E-state index < -0.39 is 0 Å². The Morgan fingerprint density at radius 3 is 2.68 bits per heavy atom. The van der Waals surface area contributed by atoms with E-state index in [2.05, 4.69) is 36.5 Å². The Kier molecular flexibility index (Phi) is 3.56. The summed E-state index contributed by atoms with van der Waals surface area (Å²) in [5.74, 6) is 1.03. The molecule has 1 aromatic rings.